The van der Waals surface area contributed by atoms with Gasteiger partial charge in [-0.1, -0.05) is 0 Å². The molecule has 2 unspecified atom stereocenters. The number of ether oxygens (including phenoxy) is 1. The Balaban J connectivity index is 1.36. The van der Waals surface area contributed by atoms with Crippen LogP contribution >= 0.6 is 0 Å². The van der Waals surface area contributed by atoms with Gasteiger partial charge in [-0.05, 0) is 59.3 Å². The van der Waals surface area contributed by atoms with Gasteiger partial charge in [-0.3, -0.25) is 9.35 Å². The summed E-state index contributed by atoms with van der Waals surface area (Å²) >= 11 is 0. The minimum absolute atomic E-state index is 0.0536. The maximum Gasteiger partial charge on any atom is 0.418 e. The van der Waals surface area contributed by atoms with Gasteiger partial charge in [-0.15, -0.1) is 4.28 Å². The Labute approximate surface area is 187 Å². The van der Waals surface area contributed by atoms with E-state index in [1.54, 1.807) is 4.90 Å². The normalized spacial score (nSPS) is 32.3. The lowest BCUT2D eigenvalue weighted by Crippen LogP contribution is -2.55. The summed E-state index contributed by atoms with van der Waals surface area (Å²) in [6, 6.07) is -1.33. The van der Waals surface area contributed by atoms with E-state index in [1.165, 1.54) is 4.90 Å². The molecule has 4 saturated heterocycles. The summed E-state index contributed by atoms with van der Waals surface area (Å²) in [5.41, 5.74) is -0.585. The predicted octanol–water partition coefficient (Wildman–Crippen LogP) is 1.24. The summed E-state index contributed by atoms with van der Waals surface area (Å²) in [6.07, 6.45) is 2.65. The molecule has 4 heterocycles. The van der Waals surface area contributed by atoms with Crippen LogP contribution in [0.5, 0.6) is 0 Å². The van der Waals surface area contributed by atoms with Crippen molar-refractivity contribution >= 4 is 28.4 Å². The second-order valence-electron chi connectivity index (χ2n) is 9.96. The molecule has 4 amide bonds. The van der Waals surface area contributed by atoms with Gasteiger partial charge in [0.15, 0.2) is 0 Å². The van der Waals surface area contributed by atoms with Gasteiger partial charge in [0.2, 0.25) is 5.91 Å². The Hall–Kier alpha value is -2.12. The quantitative estimate of drug-likeness (QED) is 0.579. The molecule has 4 fully saturated rings. The zero-order chi connectivity index (χ0) is 23.4. The molecule has 4 bridgehead atoms. The van der Waals surface area contributed by atoms with Crippen LogP contribution in [0.25, 0.3) is 0 Å². The molecule has 13 heteroatoms. The lowest BCUT2D eigenvalue weighted by atomic mass is 9.90. The maximum absolute atomic E-state index is 13.0. The second kappa shape index (κ2) is 8.03. The summed E-state index contributed by atoms with van der Waals surface area (Å²) in [6.45, 7) is 5.66. The molecule has 32 heavy (non-hydrogen) atoms. The largest absolute Gasteiger partial charge is 0.444 e. The number of hydroxylamine groups is 2. The van der Waals surface area contributed by atoms with Crippen molar-refractivity contribution in [1.82, 2.24) is 20.2 Å². The maximum atomic E-state index is 13.0. The zero-order valence-electron chi connectivity index (χ0n) is 18.4. The molecule has 4 rings (SSSR count). The van der Waals surface area contributed by atoms with Gasteiger partial charge in [-0.2, -0.15) is 13.5 Å². The molecule has 0 spiro atoms. The van der Waals surface area contributed by atoms with Crippen molar-refractivity contribution in [3.63, 3.8) is 0 Å². The van der Waals surface area contributed by atoms with Crippen LogP contribution < -0.4 is 5.32 Å². The van der Waals surface area contributed by atoms with Crippen LogP contribution in [0.4, 0.5) is 9.59 Å². The van der Waals surface area contributed by atoms with E-state index in [4.69, 9.17) is 9.29 Å². The summed E-state index contributed by atoms with van der Waals surface area (Å²) in [4.78, 5) is 41.3. The number of urea groups is 1. The van der Waals surface area contributed by atoms with Crippen molar-refractivity contribution < 1.29 is 36.4 Å². The van der Waals surface area contributed by atoms with Crippen LogP contribution in [0.3, 0.4) is 0 Å². The number of carbonyl (C=O) groups is 3. The number of piperidine rings is 2. The summed E-state index contributed by atoms with van der Waals surface area (Å²) < 4.78 is 40.9. The van der Waals surface area contributed by atoms with Crippen LogP contribution in [0.1, 0.15) is 59.3 Å². The topological polar surface area (TPSA) is 146 Å². The fourth-order valence-electron chi connectivity index (χ4n) is 5.27. The van der Waals surface area contributed by atoms with E-state index in [1.807, 2.05) is 20.8 Å². The van der Waals surface area contributed by atoms with Crippen molar-refractivity contribution in [2.24, 2.45) is 5.92 Å². The lowest BCUT2D eigenvalue weighted by molar-refractivity contribution is -0.129. The van der Waals surface area contributed by atoms with E-state index in [2.05, 4.69) is 9.60 Å². The number of nitrogens with zero attached hydrogens (tertiary/aromatic N) is 3. The van der Waals surface area contributed by atoms with Crippen LogP contribution in [0, 0.1) is 5.92 Å². The number of fused-ring (bicyclic) bond motifs is 4. The van der Waals surface area contributed by atoms with Crippen molar-refractivity contribution in [2.75, 3.05) is 6.54 Å². The summed E-state index contributed by atoms with van der Waals surface area (Å²) in [5, 5.41) is 3.57. The minimum Gasteiger partial charge on any atom is -0.444 e. The highest BCUT2D eigenvalue weighted by Gasteiger charge is 2.50. The standard InChI is InChI=1S/C19H30N4O8S/c1-19(2,3)30-18(26)22-12-4-5-13(22)9-11(8-12)16(24)20-15-7-6-14-10-21(15)17(25)23(14)31-32(27,28)29/h11-15H,4-10H2,1-3H3,(H,20,24)(H,27,28,29)/t11?,12?,13?,14-,15+/m1/s1. The highest BCUT2D eigenvalue weighted by Crippen LogP contribution is 2.40. The molecular weight excluding hydrogens is 444 g/mol. The molecule has 0 aromatic heterocycles. The average Bonchev–Trinajstić information content (AvgIpc) is 3.06. The highest BCUT2D eigenvalue weighted by atomic mass is 32.3. The molecule has 0 aromatic rings. The van der Waals surface area contributed by atoms with E-state index in [0.29, 0.717) is 30.7 Å². The number of hydrogen-bond donors (Lipinski definition) is 2. The predicted molar refractivity (Wildman–Crippen MR) is 109 cm³/mol. The highest BCUT2D eigenvalue weighted by molar-refractivity contribution is 7.80. The van der Waals surface area contributed by atoms with E-state index in [0.717, 1.165) is 12.8 Å². The molecule has 4 atom stereocenters. The van der Waals surface area contributed by atoms with E-state index >= 15 is 0 Å². The number of rotatable bonds is 4. The molecule has 4 aliphatic heterocycles. The van der Waals surface area contributed by atoms with Crippen molar-refractivity contribution in [1.29, 1.82) is 0 Å². The third-order valence-electron chi connectivity index (χ3n) is 6.51. The molecule has 2 N–H and O–H groups in total. The van der Waals surface area contributed by atoms with Gasteiger partial charge in [0.1, 0.15) is 11.8 Å². The van der Waals surface area contributed by atoms with Gasteiger partial charge >= 0.3 is 22.5 Å². The molecule has 0 aromatic carbocycles. The lowest BCUT2D eigenvalue weighted by Gasteiger charge is -2.40. The number of carbonyl (C=O) groups excluding carboxylic acids is 3. The fourth-order valence-corrected chi connectivity index (χ4v) is 5.66. The zero-order valence-corrected chi connectivity index (χ0v) is 19.2. The first-order valence-corrected chi connectivity index (χ1v) is 12.3. The van der Waals surface area contributed by atoms with E-state index in [9.17, 15) is 22.8 Å². The fraction of sp³-hybridized carbons (Fsp3) is 0.842. The van der Waals surface area contributed by atoms with Gasteiger partial charge in [0, 0.05) is 24.5 Å². The Morgan fingerprint density at radius 2 is 1.66 bits per heavy atom. The van der Waals surface area contributed by atoms with Gasteiger partial charge in [0.05, 0.1) is 6.04 Å². The van der Waals surface area contributed by atoms with Crippen molar-refractivity contribution in [3.05, 3.63) is 0 Å². The number of hydrogen-bond acceptors (Lipinski definition) is 7. The Morgan fingerprint density at radius 1 is 1.06 bits per heavy atom. The number of nitrogens with one attached hydrogen (secondary N) is 1. The van der Waals surface area contributed by atoms with Crippen LogP contribution in [0.2, 0.25) is 0 Å². The van der Waals surface area contributed by atoms with Gasteiger partial charge in [0.25, 0.3) is 0 Å². The van der Waals surface area contributed by atoms with Crippen LogP contribution in [-0.4, -0.2) is 82.3 Å². The minimum atomic E-state index is -4.82. The Kier molecular flexibility index (Phi) is 5.78. The Morgan fingerprint density at radius 3 is 2.22 bits per heavy atom. The van der Waals surface area contributed by atoms with Crippen LogP contribution in [-0.2, 0) is 24.2 Å². The van der Waals surface area contributed by atoms with Crippen molar-refractivity contribution in [3.8, 4) is 0 Å². The first kappa shape index (κ1) is 23.1. The summed E-state index contributed by atoms with van der Waals surface area (Å²) in [7, 11) is -4.82. The second-order valence-corrected chi connectivity index (χ2v) is 11.0. The van der Waals surface area contributed by atoms with Gasteiger partial charge < -0.3 is 19.9 Å². The first-order chi connectivity index (χ1) is 14.8. The molecule has 4 aliphatic rings. The summed E-state index contributed by atoms with van der Waals surface area (Å²) in [5.74, 6) is -0.470. The molecule has 180 valence electrons. The third kappa shape index (κ3) is 4.64. The molecule has 12 nitrogen and oxygen atoms in total. The smallest absolute Gasteiger partial charge is 0.418 e. The molecule has 0 aliphatic carbocycles. The van der Waals surface area contributed by atoms with Crippen molar-refractivity contribution in [2.45, 2.75) is 89.2 Å². The van der Waals surface area contributed by atoms with Gasteiger partial charge in [-0.25, -0.2) is 9.59 Å². The third-order valence-corrected chi connectivity index (χ3v) is 6.86. The number of amides is 4. The monoisotopic (exact) mass is 474 g/mol. The van der Waals surface area contributed by atoms with E-state index in [-0.39, 0.29) is 36.5 Å². The van der Waals surface area contributed by atoms with E-state index < -0.39 is 34.2 Å². The SMILES string of the molecule is CC(C)(C)OC(=O)N1C2CCC1CC(C(=O)N[C@@H]1CC[C@@H]3CN1C(=O)N3OS(=O)(=O)O)C2. The Bertz CT molecular complexity index is 889. The average molecular weight is 475 g/mol. The molecule has 0 radical (unpaired) electrons. The first-order valence-electron chi connectivity index (χ1n) is 10.9. The molecular formula is C19H30N4O8S. The van der Waals surface area contributed by atoms with Crippen LogP contribution in [0.15, 0.2) is 0 Å². The molecule has 0 saturated carbocycles.